The molecule has 0 aliphatic carbocycles. The molecule has 0 spiro atoms. The van der Waals surface area contributed by atoms with E-state index in [1.165, 1.54) is 0 Å². The standard InChI is InChI=1S/C19H25N3O2/c1-3-12-24-14-16-7-5-4-6-15(16)13-21-19(20)22-17-8-10-18(23-2)11-9-17/h4-11H,3,12-14H2,1-2H3,(H3,20,21,22). The third-order valence-electron chi connectivity index (χ3n) is 3.51. The fraction of sp³-hybridized carbons (Fsp3) is 0.316. The zero-order valence-corrected chi connectivity index (χ0v) is 14.3. The van der Waals surface area contributed by atoms with Gasteiger partial charge in [-0.1, -0.05) is 31.2 Å². The molecule has 2 aromatic carbocycles. The van der Waals surface area contributed by atoms with Crippen LogP contribution in [-0.2, 0) is 17.9 Å². The average Bonchev–Trinajstić information content (AvgIpc) is 2.62. The van der Waals surface area contributed by atoms with Crippen molar-refractivity contribution in [3.05, 3.63) is 59.7 Å². The van der Waals surface area contributed by atoms with Crippen LogP contribution in [0.3, 0.4) is 0 Å². The first kappa shape index (κ1) is 17.8. The number of nitrogens with one attached hydrogen (secondary N) is 1. The van der Waals surface area contributed by atoms with Crippen LogP contribution in [0.15, 0.2) is 53.5 Å². The van der Waals surface area contributed by atoms with Gasteiger partial charge >= 0.3 is 0 Å². The number of nitrogens with zero attached hydrogens (tertiary/aromatic N) is 1. The molecule has 0 amide bonds. The van der Waals surface area contributed by atoms with Crippen molar-refractivity contribution in [3.63, 3.8) is 0 Å². The van der Waals surface area contributed by atoms with Gasteiger partial charge < -0.3 is 20.5 Å². The first-order valence-corrected chi connectivity index (χ1v) is 8.08. The number of guanidine groups is 1. The molecule has 0 radical (unpaired) electrons. The number of ether oxygens (including phenoxy) is 2. The van der Waals surface area contributed by atoms with E-state index in [2.05, 4.69) is 29.4 Å². The lowest BCUT2D eigenvalue weighted by Gasteiger charge is -2.09. The van der Waals surface area contributed by atoms with E-state index in [-0.39, 0.29) is 0 Å². The van der Waals surface area contributed by atoms with Crippen LogP contribution in [-0.4, -0.2) is 19.7 Å². The summed E-state index contributed by atoms with van der Waals surface area (Å²) in [5, 5.41) is 3.08. The third-order valence-corrected chi connectivity index (χ3v) is 3.51. The first-order valence-electron chi connectivity index (χ1n) is 8.08. The maximum Gasteiger partial charge on any atom is 0.193 e. The van der Waals surface area contributed by atoms with E-state index in [1.54, 1.807) is 7.11 Å². The topological polar surface area (TPSA) is 68.9 Å². The molecule has 0 aliphatic rings. The molecule has 128 valence electrons. The minimum Gasteiger partial charge on any atom is -0.497 e. The van der Waals surface area contributed by atoms with E-state index in [0.29, 0.717) is 19.1 Å². The molecule has 0 fully saturated rings. The number of rotatable bonds is 8. The number of nitrogens with two attached hydrogens (primary N) is 1. The predicted molar refractivity (Wildman–Crippen MR) is 98.3 cm³/mol. The Morgan fingerprint density at radius 2 is 1.79 bits per heavy atom. The highest BCUT2D eigenvalue weighted by atomic mass is 16.5. The molecule has 2 aromatic rings. The van der Waals surface area contributed by atoms with Crippen molar-refractivity contribution in [1.29, 1.82) is 0 Å². The lowest BCUT2D eigenvalue weighted by molar-refractivity contribution is 0.121. The Hall–Kier alpha value is -2.53. The summed E-state index contributed by atoms with van der Waals surface area (Å²) < 4.78 is 10.8. The lowest BCUT2D eigenvalue weighted by atomic mass is 10.1. The second kappa shape index (κ2) is 9.57. The summed E-state index contributed by atoms with van der Waals surface area (Å²) in [5.41, 5.74) is 9.11. The van der Waals surface area contributed by atoms with Gasteiger partial charge in [0.15, 0.2) is 5.96 Å². The van der Waals surface area contributed by atoms with E-state index in [1.807, 2.05) is 36.4 Å². The summed E-state index contributed by atoms with van der Waals surface area (Å²) in [7, 11) is 1.64. The van der Waals surface area contributed by atoms with Crippen LogP contribution in [0.4, 0.5) is 5.69 Å². The van der Waals surface area contributed by atoms with Gasteiger partial charge in [0, 0.05) is 12.3 Å². The molecule has 0 aromatic heterocycles. The molecule has 0 saturated carbocycles. The summed E-state index contributed by atoms with van der Waals surface area (Å²) in [6, 6.07) is 15.7. The zero-order chi connectivity index (χ0) is 17.2. The van der Waals surface area contributed by atoms with Crippen molar-refractivity contribution in [2.24, 2.45) is 10.7 Å². The van der Waals surface area contributed by atoms with Crippen molar-refractivity contribution in [2.45, 2.75) is 26.5 Å². The van der Waals surface area contributed by atoms with Crippen molar-refractivity contribution in [1.82, 2.24) is 0 Å². The van der Waals surface area contributed by atoms with Crippen LogP contribution < -0.4 is 15.8 Å². The van der Waals surface area contributed by atoms with Gasteiger partial charge in [-0.05, 0) is 41.8 Å². The van der Waals surface area contributed by atoms with Gasteiger partial charge in [-0.25, -0.2) is 4.99 Å². The maximum atomic E-state index is 5.97. The Bertz CT molecular complexity index is 654. The fourth-order valence-electron chi connectivity index (χ4n) is 2.21. The highest BCUT2D eigenvalue weighted by Gasteiger charge is 2.02. The van der Waals surface area contributed by atoms with Crippen LogP contribution >= 0.6 is 0 Å². The Labute approximate surface area is 143 Å². The molecule has 2 rings (SSSR count). The monoisotopic (exact) mass is 327 g/mol. The van der Waals surface area contributed by atoms with E-state index in [4.69, 9.17) is 15.2 Å². The molecule has 0 unspecified atom stereocenters. The summed E-state index contributed by atoms with van der Waals surface area (Å²) in [4.78, 5) is 4.42. The first-order chi connectivity index (χ1) is 11.7. The van der Waals surface area contributed by atoms with E-state index in [0.717, 1.165) is 35.6 Å². The van der Waals surface area contributed by atoms with Crippen molar-refractivity contribution >= 4 is 11.6 Å². The van der Waals surface area contributed by atoms with Crippen molar-refractivity contribution < 1.29 is 9.47 Å². The predicted octanol–water partition coefficient (Wildman–Crippen LogP) is 3.55. The third kappa shape index (κ3) is 5.59. The van der Waals surface area contributed by atoms with Crippen LogP contribution in [0.1, 0.15) is 24.5 Å². The molecule has 5 heteroatoms. The van der Waals surface area contributed by atoms with Crippen LogP contribution in [0.5, 0.6) is 5.75 Å². The average molecular weight is 327 g/mol. The van der Waals surface area contributed by atoms with Gasteiger partial charge in [0.2, 0.25) is 0 Å². The van der Waals surface area contributed by atoms with Gasteiger partial charge in [0.25, 0.3) is 0 Å². The van der Waals surface area contributed by atoms with Gasteiger partial charge in [-0.3, -0.25) is 0 Å². The molecule has 0 heterocycles. The SMILES string of the molecule is CCCOCc1ccccc1CN=C(N)Nc1ccc(OC)cc1. The normalized spacial score (nSPS) is 11.3. The van der Waals surface area contributed by atoms with Gasteiger partial charge in [-0.15, -0.1) is 0 Å². The molecule has 0 bridgehead atoms. The van der Waals surface area contributed by atoms with Gasteiger partial charge in [0.05, 0.1) is 20.3 Å². The number of anilines is 1. The zero-order valence-electron chi connectivity index (χ0n) is 14.3. The summed E-state index contributed by atoms with van der Waals surface area (Å²) in [5.74, 6) is 1.18. The molecule has 0 aliphatic heterocycles. The minimum atomic E-state index is 0.379. The largest absolute Gasteiger partial charge is 0.497 e. The molecule has 3 N–H and O–H groups in total. The maximum absolute atomic E-state index is 5.97. The van der Waals surface area contributed by atoms with E-state index in [9.17, 15) is 0 Å². The van der Waals surface area contributed by atoms with Crippen LogP contribution in [0.25, 0.3) is 0 Å². The van der Waals surface area contributed by atoms with Crippen LogP contribution in [0, 0.1) is 0 Å². The summed E-state index contributed by atoms with van der Waals surface area (Å²) >= 11 is 0. The summed E-state index contributed by atoms with van der Waals surface area (Å²) in [6.45, 7) is 3.98. The Balaban J connectivity index is 1.96. The smallest absolute Gasteiger partial charge is 0.193 e. The lowest BCUT2D eigenvalue weighted by Crippen LogP contribution is -2.22. The molecule has 0 saturated heterocycles. The van der Waals surface area contributed by atoms with E-state index < -0.39 is 0 Å². The molecule has 5 nitrogen and oxygen atoms in total. The number of aliphatic imine (C=N–C) groups is 1. The molecular formula is C19H25N3O2. The van der Waals surface area contributed by atoms with Crippen molar-refractivity contribution in [3.8, 4) is 5.75 Å². The highest BCUT2D eigenvalue weighted by molar-refractivity contribution is 5.92. The fourth-order valence-corrected chi connectivity index (χ4v) is 2.21. The second-order valence-electron chi connectivity index (χ2n) is 5.38. The molecule has 0 atom stereocenters. The Morgan fingerprint density at radius 1 is 1.08 bits per heavy atom. The van der Waals surface area contributed by atoms with E-state index >= 15 is 0 Å². The van der Waals surface area contributed by atoms with Gasteiger partial charge in [0.1, 0.15) is 5.75 Å². The van der Waals surface area contributed by atoms with Gasteiger partial charge in [-0.2, -0.15) is 0 Å². The number of methoxy groups -OCH3 is 1. The Morgan fingerprint density at radius 3 is 2.46 bits per heavy atom. The van der Waals surface area contributed by atoms with Crippen molar-refractivity contribution in [2.75, 3.05) is 19.0 Å². The number of hydrogen-bond acceptors (Lipinski definition) is 3. The second-order valence-corrected chi connectivity index (χ2v) is 5.38. The highest BCUT2D eigenvalue weighted by Crippen LogP contribution is 2.15. The minimum absolute atomic E-state index is 0.379. The number of benzene rings is 2. The number of hydrogen-bond donors (Lipinski definition) is 2. The quantitative estimate of drug-likeness (QED) is 0.442. The molecular weight excluding hydrogens is 302 g/mol. The molecule has 24 heavy (non-hydrogen) atoms. The summed E-state index contributed by atoms with van der Waals surface area (Å²) in [6.07, 6.45) is 1.01. The van der Waals surface area contributed by atoms with Crippen LogP contribution in [0.2, 0.25) is 0 Å². The Kier molecular flexibility index (Phi) is 7.11.